The Kier molecular flexibility index (Phi) is 3.57. The van der Waals surface area contributed by atoms with Crippen molar-refractivity contribution in [1.29, 1.82) is 0 Å². The normalized spacial score (nSPS) is 14.3. The Balaban J connectivity index is 2.47. The Labute approximate surface area is 79.9 Å². The predicted molar refractivity (Wildman–Crippen MR) is 45.6 cm³/mol. The van der Waals surface area contributed by atoms with Crippen LogP contribution in [0.5, 0.6) is 0 Å². The van der Waals surface area contributed by atoms with E-state index >= 15 is 0 Å². The molecule has 0 aliphatic heterocycles. The Bertz CT molecular complexity index is 256. The molecule has 1 aromatic rings. The number of furan rings is 1. The molecule has 0 bridgehead atoms. The van der Waals surface area contributed by atoms with Crippen LogP contribution in [0.4, 0.5) is 13.2 Å². The summed E-state index contributed by atoms with van der Waals surface area (Å²) in [5.41, 5.74) is 5.25. The van der Waals surface area contributed by atoms with Crippen molar-refractivity contribution in [3.8, 4) is 0 Å². The zero-order chi connectivity index (χ0) is 10.6. The van der Waals surface area contributed by atoms with Crippen LogP contribution in [0, 0.1) is 5.92 Å². The van der Waals surface area contributed by atoms with E-state index < -0.39 is 18.5 Å². The van der Waals surface area contributed by atoms with Gasteiger partial charge in [-0.1, -0.05) is 0 Å². The second-order valence-electron chi connectivity index (χ2n) is 3.20. The summed E-state index contributed by atoms with van der Waals surface area (Å²) in [5, 5.41) is 0. The maximum Gasteiger partial charge on any atom is 0.389 e. The van der Waals surface area contributed by atoms with Crippen molar-refractivity contribution in [1.82, 2.24) is 0 Å². The van der Waals surface area contributed by atoms with Crippen molar-refractivity contribution in [2.24, 2.45) is 11.7 Å². The average Bonchev–Trinajstić information content (AvgIpc) is 2.53. The summed E-state index contributed by atoms with van der Waals surface area (Å²) in [6.07, 6.45) is -3.33. The van der Waals surface area contributed by atoms with E-state index in [1.54, 1.807) is 12.1 Å². The predicted octanol–water partition coefficient (Wildman–Crippen LogP) is 2.35. The molecule has 0 aliphatic carbocycles. The standard InChI is InChI=1S/C9H12F3NO/c10-9(11,12)5-7(6-13)4-8-2-1-3-14-8/h1-3,7H,4-6,13H2. The SMILES string of the molecule is NCC(Cc1ccco1)CC(F)(F)F. The van der Waals surface area contributed by atoms with E-state index in [4.69, 9.17) is 10.2 Å². The van der Waals surface area contributed by atoms with Crippen molar-refractivity contribution < 1.29 is 17.6 Å². The summed E-state index contributed by atoms with van der Waals surface area (Å²) in [6.45, 7) is 0.0141. The molecule has 1 atom stereocenters. The molecule has 2 N–H and O–H groups in total. The molecule has 0 fully saturated rings. The minimum Gasteiger partial charge on any atom is -0.469 e. The van der Waals surface area contributed by atoms with E-state index in [0.29, 0.717) is 5.76 Å². The summed E-state index contributed by atoms with van der Waals surface area (Å²) in [7, 11) is 0. The molecule has 0 radical (unpaired) electrons. The van der Waals surface area contributed by atoms with E-state index in [1.165, 1.54) is 6.26 Å². The van der Waals surface area contributed by atoms with Crippen LogP contribution in [0.1, 0.15) is 12.2 Å². The third kappa shape index (κ3) is 3.83. The molecule has 0 aliphatic rings. The fourth-order valence-corrected chi connectivity index (χ4v) is 1.28. The van der Waals surface area contributed by atoms with Crippen LogP contribution in [0.15, 0.2) is 22.8 Å². The molecule has 1 rings (SSSR count). The molecule has 1 unspecified atom stereocenters. The molecule has 80 valence electrons. The Morgan fingerprint density at radius 2 is 2.14 bits per heavy atom. The van der Waals surface area contributed by atoms with Crippen LogP contribution >= 0.6 is 0 Å². The van der Waals surface area contributed by atoms with Crippen LogP contribution < -0.4 is 5.73 Å². The molecule has 0 saturated carbocycles. The minimum absolute atomic E-state index is 0.0141. The molecule has 14 heavy (non-hydrogen) atoms. The van der Waals surface area contributed by atoms with Crippen LogP contribution in [-0.2, 0) is 6.42 Å². The molecule has 0 saturated heterocycles. The van der Waals surface area contributed by atoms with E-state index in [0.717, 1.165) is 0 Å². The smallest absolute Gasteiger partial charge is 0.389 e. The molecule has 1 aromatic heterocycles. The second-order valence-corrected chi connectivity index (χ2v) is 3.20. The molecule has 1 heterocycles. The lowest BCUT2D eigenvalue weighted by Crippen LogP contribution is -2.23. The third-order valence-electron chi connectivity index (χ3n) is 1.92. The highest BCUT2D eigenvalue weighted by molar-refractivity contribution is 4.99. The lowest BCUT2D eigenvalue weighted by Gasteiger charge is -2.15. The van der Waals surface area contributed by atoms with Gasteiger partial charge in [0.05, 0.1) is 6.26 Å². The number of hydrogen-bond donors (Lipinski definition) is 1. The molecule has 2 nitrogen and oxygen atoms in total. The average molecular weight is 207 g/mol. The number of rotatable bonds is 4. The van der Waals surface area contributed by atoms with Gasteiger partial charge in [-0.25, -0.2) is 0 Å². The largest absolute Gasteiger partial charge is 0.469 e. The number of nitrogens with two attached hydrogens (primary N) is 1. The first-order chi connectivity index (χ1) is 6.51. The van der Waals surface area contributed by atoms with Gasteiger partial charge in [-0.2, -0.15) is 13.2 Å². The van der Waals surface area contributed by atoms with Crippen LogP contribution in [-0.4, -0.2) is 12.7 Å². The highest BCUT2D eigenvalue weighted by Gasteiger charge is 2.31. The van der Waals surface area contributed by atoms with Gasteiger partial charge >= 0.3 is 6.18 Å². The van der Waals surface area contributed by atoms with Crippen LogP contribution in [0.3, 0.4) is 0 Å². The number of hydrogen-bond acceptors (Lipinski definition) is 2. The van der Waals surface area contributed by atoms with Gasteiger partial charge < -0.3 is 10.2 Å². The monoisotopic (exact) mass is 207 g/mol. The minimum atomic E-state index is -4.16. The highest BCUT2D eigenvalue weighted by Crippen LogP contribution is 2.26. The Morgan fingerprint density at radius 3 is 2.57 bits per heavy atom. The topological polar surface area (TPSA) is 39.2 Å². The van der Waals surface area contributed by atoms with Crippen molar-refractivity contribution in [3.63, 3.8) is 0 Å². The van der Waals surface area contributed by atoms with E-state index in [1.807, 2.05) is 0 Å². The second kappa shape index (κ2) is 4.50. The lowest BCUT2D eigenvalue weighted by molar-refractivity contribution is -0.143. The molecular weight excluding hydrogens is 195 g/mol. The summed E-state index contributed by atoms with van der Waals surface area (Å²) < 4.78 is 41.1. The molecule has 0 aromatic carbocycles. The van der Waals surface area contributed by atoms with Gasteiger partial charge in [0.15, 0.2) is 0 Å². The maximum absolute atomic E-state index is 12.0. The fraction of sp³-hybridized carbons (Fsp3) is 0.556. The fourth-order valence-electron chi connectivity index (χ4n) is 1.28. The molecular formula is C9H12F3NO. The summed E-state index contributed by atoms with van der Waals surface area (Å²) in [4.78, 5) is 0. The first-order valence-electron chi connectivity index (χ1n) is 4.30. The van der Waals surface area contributed by atoms with Gasteiger partial charge in [0.25, 0.3) is 0 Å². The summed E-state index contributed by atoms with van der Waals surface area (Å²) in [6, 6.07) is 3.30. The van der Waals surface area contributed by atoms with Crippen molar-refractivity contribution in [2.75, 3.05) is 6.54 Å². The van der Waals surface area contributed by atoms with Gasteiger partial charge in [-0.3, -0.25) is 0 Å². The van der Waals surface area contributed by atoms with Crippen molar-refractivity contribution in [3.05, 3.63) is 24.2 Å². The Morgan fingerprint density at radius 1 is 1.43 bits per heavy atom. The van der Waals surface area contributed by atoms with Gasteiger partial charge in [-0.05, 0) is 24.6 Å². The number of alkyl halides is 3. The van der Waals surface area contributed by atoms with Gasteiger partial charge in [-0.15, -0.1) is 0 Å². The Hall–Kier alpha value is -0.970. The zero-order valence-electron chi connectivity index (χ0n) is 7.55. The van der Waals surface area contributed by atoms with E-state index in [9.17, 15) is 13.2 Å². The van der Waals surface area contributed by atoms with Gasteiger partial charge in [0.1, 0.15) is 5.76 Å². The lowest BCUT2D eigenvalue weighted by atomic mass is 10.00. The highest BCUT2D eigenvalue weighted by atomic mass is 19.4. The quantitative estimate of drug-likeness (QED) is 0.823. The first kappa shape index (κ1) is 11.1. The molecule has 0 spiro atoms. The third-order valence-corrected chi connectivity index (χ3v) is 1.92. The van der Waals surface area contributed by atoms with Crippen LogP contribution in [0.2, 0.25) is 0 Å². The van der Waals surface area contributed by atoms with Crippen molar-refractivity contribution >= 4 is 0 Å². The van der Waals surface area contributed by atoms with E-state index in [-0.39, 0.29) is 13.0 Å². The van der Waals surface area contributed by atoms with Crippen LogP contribution in [0.25, 0.3) is 0 Å². The summed E-state index contributed by atoms with van der Waals surface area (Å²) in [5.74, 6) is -0.0501. The maximum atomic E-state index is 12.0. The molecule has 5 heteroatoms. The van der Waals surface area contributed by atoms with Crippen molar-refractivity contribution in [2.45, 2.75) is 19.0 Å². The van der Waals surface area contributed by atoms with Gasteiger partial charge in [0.2, 0.25) is 0 Å². The summed E-state index contributed by atoms with van der Waals surface area (Å²) >= 11 is 0. The zero-order valence-corrected chi connectivity index (χ0v) is 7.55. The first-order valence-corrected chi connectivity index (χ1v) is 4.30. The van der Waals surface area contributed by atoms with E-state index in [2.05, 4.69) is 0 Å². The molecule has 0 amide bonds. The number of halogens is 3. The van der Waals surface area contributed by atoms with Gasteiger partial charge in [0, 0.05) is 12.8 Å².